The van der Waals surface area contributed by atoms with Gasteiger partial charge in [-0.25, -0.2) is 4.57 Å². The monoisotopic (exact) mass is 366 g/mol. The molecule has 0 spiro atoms. The molecule has 0 bridgehead atoms. The molecule has 2 aromatic rings. The van der Waals surface area contributed by atoms with Crippen molar-refractivity contribution in [2.45, 2.75) is 52.5 Å². The van der Waals surface area contributed by atoms with E-state index in [0.717, 1.165) is 18.0 Å². The highest BCUT2D eigenvalue weighted by Gasteiger charge is 2.11. The second-order valence-corrected chi connectivity index (χ2v) is 5.37. The highest BCUT2D eigenvalue weighted by Crippen LogP contribution is 2.21. The summed E-state index contributed by atoms with van der Waals surface area (Å²) in [5, 5.41) is 0. The highest BCUT2D eigenvalue weighted by molar-refractivity contribution is 5.46. The van der Waals surface area contributed by atoms with Gasteiger partial charge in [-0.05, 0) is 31.9 Å². The summed E-state index contributed by atoms with van der Waals surface area (Å²) in [6.45, 7) is 6.05. The van der Waals surface area contributed by atoms with Crippen LogP contribution in [0.2, 0.25) is 0 Å². The van der Waals surface area contributed by atoms with Crippen LogP contribution in [0, 0.1) is 0 Å². The summed E-state index contributed by atoms with van der Waals surface area (Å²) in [4.78, 5) is 0. The van der Waals surface area contributed by atoms with E-state index >= 15 is 0 Å². The number of aromatic nitrogens is 2. The molecule has 0 saturated heterocycles. The fourth-order valence-electron chi connectivity index (χ4n) is 2.51. The van der Waals surface area contributed by atoms with Crippen molar-refractivity contribution < 1.29 is 26.3 Å². The molecule has 3 nitrogen and oxygen atoms in total. The molecular weight excluding hydrogens is 340 g/mol. The maximum atomic E-state index is 5.70. The van der Waals surface area contributed by atoms with Gasteiger partial charge >= 0.3 is 0 Å². The Balaban J connectivity index is 0.00000242. The van der Waals surface area contributed by atoms with Crippen molar-refractivity contribution in [3.63, 3.8) is 0 Å². The molecule has 0 N–H and O–H groups in total. The first-order valence-corrected chi connectivity index (χ1v) is 8.14. The van der Waals surface area contributed by atoms with Crippen LogP contribution < -0.4 is 26.3 Å². The Labute approximate surface area is 144 Å². The van der Waals surface area contributed by atoms with E-state index in [1.54, 1.807) is 0 Å². The Kier molecular flexibility index (Phi) is 8.90. The standard InChI is InChI=1S/C18H27N2O.BrH/c1-3-5-6-7-10-13-19-14-15-20(16-19)17-11-8-9-12-18(17)21-4-2;/h8-9,11-12,14-16H,3-7,10,13H2,1-2H3;1H/q+1;/p-1. The van der Waals surface area contributed by atoms with Crippen molar-refractivity contribution >= 4 is 0 Å². The molecule has 0 saturated carbocycles. The molecule has 1 heterocycles. The molecule has 0 unspecified atom stereocenters. The lowest BCUT2D eigenvalue weighted by Crippen LogP contribution is -3.00. The van der Waals surface area contributed by atoms with E-state index in [4.69, 9.17) is 4.74 Å². The molecule has 2 rings (SSSR count). The van der Waals surface area contributed by atoms with Gasteiger partial charge in [-0.3, -0.25) is 0 Å². The van der Waals surface area contributed by atoms with E-state index in [-0.39, 0.29) is 17.0 Å². The molecule has 0 fully saturated rings. The maximum Gasteiger partial charge on any atom is 0.249 e. The van der Waals surface area contributed by atoms with E-state index in [2.05, 4.69) is 40.8 Å². The largest absolute Gasteiger partial charge is 1.00 e. The van der Waals surface area contributed by atoms with E-state index in [9.17, 15) is 0 Å². The van der Waals surface area contributed by atoms with Crippen LogP contribution in [0.1, 0.15) is 46.0 Å². The van der Waals surface area contributed by atoms with Crippen LogP contribution in [0.4, 0.5) is 0 Å². The molecule has 0 atom stereocenters. The third-order valence-corrected chi connectivity index (χ3v) is 3.65. The Bertz CT molecular complexity index is 539. The molecule has 0 aliphatic heterocycles. The summed E-state index contributed by atoms with van der Waals surface area (Å²) in [7, 11) is 0. The van der Waals surface area contributed by atoms with Gasteiger partial charge < -0.3 is 21.7 Å². The number of unbranched alkanes of at least 4 members (excludes halogenated alkanes) is 4. The van der Waals surface area contributed by atoms with Crippen LogP contribution in [0.3, 0.4) is 0 Å². The van der Waals surface area contributed by atoms with Crippen molar-refractivity contribution in [2.24, 2.45) is 0 Å². The fraction of sp³-hybridized carbons (Fsp3) is 0.500. The lowest BCUT2D eigenvalue weighted by Gasteiger charge is -2.05. The fourth-order valence-corrected chi connectivity index (χ4v) is 2.51. The molecule has 0 aliphatic carbocycles. The first-order valence-electron chi connectivity index (χ1n) is 8.14. The predicted molar refractivity (Wildman–Crippen MR) is 85.9 cm³/mol. The van der Waals surface area contributed by atoms with Crippen LogP contribution in [0.5, 0.6) is 5.75 Å². The Morgan fingerprint density at radius 2 is 1.82 bits per heavy atom. The number of hydrogen-bond acceptors (Lipinski definition) is 1. The summed E-state index contributed by atoms with van der Waals surface area (Å²) in [6.07, 6.45) is 13.0. The van der Waals surface area contributed by atoms with E-state index < -0.39 is 0 Å². The van der Waals surface area contributed by atoms with Gasteiger partial charge in [0.15, 0.2) is 11.4 Å². The van der Waals surface area contributed by atoms with Gasteiger partial charge in [-0.15, -0.1) is 0 Å². The third kappa shape index (κ3) is 5.48. The summed E-state index contributed by atoms with van der Waals surface area (Å²) in [5.41, 5.74) is 1.10. The number of para-hydroxylation sites is 2. The van der Waals surface area contributed by atoms with E-state index in [1.807, 2.05) is 25.1 Å². The minimum atomic E-state index is 0. The number of halogens is 1. The first kappa shape index (κ1) is 18.8. The topological polar surface area (TPSA) is 18.0 Å². The molecule has 1 aromatic heterocycles. The lowest BCUT2D eigenvalue weighted by atomic mass is 10.1. The second kappa shape index (κ2) is 10.4. The van der Waals surface area contributed by atoms with Crippen LogP contribution in [0.15, 0.2) is 43.0 Å². The summed E-state index contributed by atoms with van der Waals surface area (Å²) in [5.74, 6) is 0.936. The third-order valence-electron chi connectivity index (χ3n) is 3.65. The zero-order valence-corrected chi connectivity index (χ0v) is 15.3. The molecule has 1 aromatic carbocycles. The lowest BCUT2D eigenvalue weighted by molar-refractivity contribution is -0.696. The van der Waals surface area contributed by atoms with Crippen molar-refractivity contribution in [1.29, 1.82) is 0 Å². The van der Waals surface area contributed by atoms with Crippen LogP contribution in [-0.4, -0.2) is 11.2 Å². The second-order valence-electron chi connectivity index (χ2n) is 5.37. The molecular formula is C18H27BrN2O. The van der Waals surface area contributed by atoms with Gasteiger partial charge in [0.1, 0.15) is 12.4 Å². The highest BCUT2D eigenvalue weighted by atomic mass is 79.9. The predicted octanol–water partition coefficient (Wildman–Crippen LogP) is 1.14. The number of nitrogens with zero attached hydrogens (tertiary/aromatic N) is 2. The van der Waals surface area contributed by atoms with E-state index in [1.165, 1.54) is 32.1 Å². The summed E-state index contributed by atoms with van der Waals surface area (Å²) >= 11 is 0. The van der Waals surface area contributed by atoms with Gasteiger partial charge in [-0.1, -0.05) is 38.3 Å². The number of benzene rings is 1. The maximum absolute atomic E-state index is 5.70. The minimum Gasteiger partial charge on any atom is -1.00 e. The van der Waals surface area contributed by atoms with Gasteiger partial charge in [-0.2, -0.15) is 4.57 Å². The van der Waals surface area contributed by atoms with Crippen LogP contribution in [-0.2, 0) is 6.54 Å². The van der Waals surface area contributed by atoms with Gasteiger partial charge in [0, 0.05) is 0 Å². The van der Waals surface area contributed by atoms with Crippen LogP contribution in [0.25, 0.3) is 5.69 Å². The molecule has 0 amide bonds. The normalized spacial score (nSPS) is 10.3. The Morgan fingerprint density at radius 1 is 1.05 bits per heavy atom. The molecule has 0 aliphatic rings. The Morgan fingerprint density at radius 3 is 2.59 bits per heavy atom. The number of imidazole rings is 1. The van der Waals surface area contributed by atoms with Gasteiger partial charge in [0.05, 0.1) is 13.2 Å². The molecule has 4 heteroatoms. The van der Waals surface area contributed by atoms with Crippen molar-refractivity contribution in [3.05, 3.63) is 43.0 Å². The van der Waals surface area contributed by atoms with Crippen LogP contribution >= 0.6 is 0 Å². The summed E-state index contributed by atoms with van der Waals surface area (Å²) < 4.78 is 10.1. The minimum absolute atomic E-state index is 0. The molecule has 122 valence electrons. The average Bonchev–Trinajstić information content (AvgIpc) is 2.97. The SMILES string of the molecule is CCCCCCC[n+]1ccn(-c2ccccc2OCC)c1.[Br-]. The van der Waals surface area contributed by atoms with Gasteiger partial charge in [0.2, 0.25) is 6.33 Å². The summed E-state index contributed by atoms with van der Waals surface area (Å²) in [6, 6.07) is 8.18. The van der Waals surface area contributed by atoms with Gasteiger partial charge in [0.25, 0.3) is 0 Å². The van der Waals surface area contributed by atoms with Crippen molar-refractivity contribution in [2.75, 3.05) is 6.61 Å². The molecule has 22 heavy (non-hydrogen) atoms. The van der Waals surface area contributed by atoms with Crippen molar-refractivity contribution in [1.82, 2.24) is 4.57 Å². The average molecular weight is 367 g/mol. The Hall–Kier alpha value is -1.29. The zero-order chi connectivity index (χ0) is 14.9. The number of hydrogen-bond donors (Lipinski definition) is 0. The number of aryl methyl sites for hydroxylation is 1. The number of rotatable bonds is 9. The van der Waals surface area contributed by atoms with E-state index in [0.29, 0.717) is 6.61 Å². The number of ether oxygens (including phenoxy) is 1. The quantitative estimate of drug-likeness (QED) is 0.480. The first-order chi connectivity index (χ1) is 10.3. The van der Waals surface area contributed by atoms with Crippen molar-refractivity contribution in [3.8, 4) is 11.4 Å². The molecule has 0 radical (unpaired) electrons. The zero-order valence-electron chi connectivity index (χ0n) is 13.7. The smallest absolute Gasteiger partial charge is 0.249 e.